The summed E-state index contributed by atoms with van der Waals surface area (Å²) in [5.74, 6) is -4.10. The van der Waals surface area contributed by atoms with Gasteiger partial charge in [-0.05, 0) is 105 Å². The summed E-state index contributed by atoms with van der Waals surface area (Å²) in [6.45, 7) is 3.21. The molecule has 1 heterocycles. The van der Waals surface area contributed by atoms with Crippen LogP contribution in [0.3, 0.4) is 0 Å². The monoisotopic (exact) mass is 1020 g/mol. The summed E-state index contributed by atoms with van der Waals surface area (Å²) >= 11 is 0. The molecule has 392 valence electrons. The fourth-order valence-electron chi connectivity index (χ4n) is 8.25. The van der Waals surface area contributed by atoms with Gasteiger partial charge in [-0.2, -0.15) is 0 Å². The predicted molar refractivity (Wildman–Crippen MR) is 282 cm³/mol. The SMILES string of the molecule is CCCCCCCCC/C(C)=C/CC/C=C/[C@@H](OC(=O)c1ccccc1)[C@H](CO[C@@H]1O[C@H](COC(=O)c2ccccc2)[C@@H](OC(=O)c2ccccc2)[C@H](OC(=O)c2ccccc2)[C@H]1OC(=O)c1ccccc1)N=[N+]=[N-]. The molecule has 0 radical (unpaired) electrons. The number of unbranched alkanes of at least 4 members (excludes halogenated alkanes) is 7. The minimum Gasteiger partial charge on any atom is -0.459 e. The Bertz CT molecular complexity index is 2660. The van der Waals surface area contributed by atoms with E-state index >= 15 is 0 Å². The Balaban J connectivity index is 1.33. The molecule has 1 fully saturated rings. The summed E-state index contributed by atoms with van der Waals surface area (Å²) < 4.78 is 43.3. The van der Waals surface area contributed by atoms with Gasteiger partial charge in [-0.3, -0.25) is 0 Å². The lowest BCUT2D eigenvalue weighted by Crippen LogP contribution is -2.63. The van der Waals surface area contributed by atoms with E-state index in [1.54, 1.807) is 121 Å². The number of hydrogen-bond acceptors (Lipinski definition) is 13. The average Bonchev–Trinajstić information content (AvgIpc) is 3.45. The minimum absolute atomic E-state index is 0.104. The van der Waals surface area contributed by atoms with E-state index in [9.17, 15) is 29.5 Å². The number of carbonyl (C=O) groups excluding carboxylic acids is 5. The van der Waals surface area contributed by atoms with Crippen molar-refractivity contribution in [3.63, 3.8) is 0 Å². The molecule has 7 atom stereocenters. The van der Waals surface area contributed by atoms with Crippen molar-refractivity contribution >= 4 is 29.8 Å². The van der Waals surface area contributed by atoms with Gasteiger partial charge in [0.05, 0.1) is 34.4 Å². The Labute approximate surface area is 438 Å². The number of hydrogen-bond donors (Lipinski definition) is 0. The largest absolute Gasteiger partial charge is 0.459 e. The smallest absolute Gasteiger partial charge is 0.338 e. The summed E-state index contributed by atoms with van der Waals surface area (Å²) in [5.41, 5.74) is 12.1. The van der Waals surface area contributed by atoms with E-state index in [-0.39, 0.29) is 27.8 Å². The summed E-state index contributed by atoms with van der Waals surface area (Å²) in [7, 11) is 0. The maximum absolute atomic E-state index is 14.1. The summed E-state index contributed by atoms with van der Waals surface area (Å²) in [6, 6.07) is 39.1. The Morgan fingerprint density at radius 1 is 0.587 bits per heavy atom. The summed E-state index contributed by atoms with van der Waals surface area (Å²) in [6.07, 6.45) is 7.13. The van der Waals surface area contributed by atoms with Crippen LogP contribution in [-0.2, 0) is 33.2 Å². The molecule has 5 aromatic rings. The highest BCUT2D eigenvalue weighted by Crippen LogP contribution is 2.32. The van der Waals surface area contributed by atoms with E-state index < -0.39 is 85.9 Å². The Hall–Kier alpha value is -7.84. The lowest BCUT2D eigenvalue weighted by atomic mass is 9.97. The highest BCUT2D eigenvalue weighted by atomic mass is 16.7. The quantitative estimate of drug-likeness (QED) is 0.00875. The van der Waals surface area contributed by atoms with Gasteiger partial charge in [0.1, 0.15) is 24.9 Å². The van der Waals surface area contributed by atoms with Crippen molar-refractivity contribution in [3.8, 4) is 0 Å². The van der Waals surface area contributed by atoms with Gasteiger partial charge >= 0.3 is 29.8 Å². The van der Waals surface area contributed by atoms with Gasteiger partial charge in [0.2, 0.25) is 0 Å². The van der Waals surface area contributed by atoms with Crippen LogP contribution in [0, 0.1) is 0 Å². The third kappa shape index (κ3) is 18.3. The molecule has 0 saturated carbocycles. The number of allylic oxidation sites excluding steroid dienone is 3. The maximum Gasteiger partial charge on any atom is 0.338 e. The maximum atomic E-state index is 14.1. The molecule has 1 aliphatic heterocycles. The van der Waals surface area contributed by atoms with Crippen molar-refractivity contribution in [2.24, 2.45) is 5.11 Å². The lowest BCUT2D eigenvalue weighted by Gasteiger charge is -2.44. The fourth-order valence-corrected chi connectivity index (χ4v) is 8.25. The van der Waals surface area contributed by atoms with Crippen LogP contribution in [0.15, 0.2) is 181 Å². The molecule has 0 spiro atoms. The second kappa shape index (κ2) is 31.0. The first-order valence-corrected chi connectivity index (χ1v) is 25.5. The second-order valence-electron chi connectivity index (χ2n) is 18.0. The van der Waals surface area contributed by atoms with E-state index in [0.29, 0.717) is 12.8 Å². The zero-order valence-electron chi connectivity index (χ0n) is 42.4. The van der Waals surface area contributed by atoms with Gasteiger partial charge in [-0.25, -0.2) is 24.0 Å². The zero-order chi connectivity index (χ0) is 53.0. The Kier molecular flexibility index (Phi) is 23.4. The number of carbonyl (C=O) groups is 5. The normalized spacial score (nSPS) is 18.2. The summed E-state index contributed by atoms with van der Waals surface area (Å²) in [5, 5.41) is 4.02. The van der Waals surface area contributed by atoms with Crippen LogP contribution in [0.25, 0.3) is 10.4 Å². The van der Waals surface area contributed by atoms with Gasteiger partial charge in [-0.15, -0.1) is 0 Å². The fraction of sp³-hybridized carbons (Fsp3) is 0.350. The molecule has 6 rings (SSSR count). The first kappa shape index (κ1) is 56.5. The number of azide groups is 1. The van der Waals surface area contributed by atoms with Crippen LogP contribution < -0.4 is 0 Å². The standard InChI is InChI=1S/C60H65N3O12/c1-3-4-5-6-7-8-15-28-43(2)29-16-9-27-40-50(71-56(65)45-32-19-11-20-33-45)49(62-63-61)41-70-60-54(75-59(68)48-38-25-14-26-39-48)53(74-58(67)47-36-23-13-24-37-47)52(73-57(66)46-34-21-12-22-35-46)51(72-60)42-69-55(64)44-30-17-10-18-31-44/h10-14,17-27,29-40,49-54,60H,3-9,15-16,28,41-42H2,1-2H3/b40-27+,43-29+/t49-,50+,51+,52+,53-,54+,60+/m0/s1. The first-order chi connectivity index (χ1) is 36.6. The highest BCUT2D eigenvalue weighted by molar-refractivity contribution is 5.92. The molecule has 0 amide bonds. The molecule has 5 aromatic carbocycles. The number of benzene rings is 5. The van der Waals surface area contributed by atoms with Crippen LogP contribution >= 0.6 is 0 Å². The highest BCUT2D eigenvalue weighted by Gasteiger charge is 2.54. The van der Waals surface area contributed by atoms with Crippen molar-refractivity contribution in [1.29, 1.82) is 0 Å². The van der Waals surface area contributed by atoms with E-state index in [0.717, 1.165) is 12.8 Å². The minimum atomic E-state index is -1.72. The average molecular weight is 1020 g/mol. The van der Waals surface area contributed by atoms with E-state index in [1.165, 1.54) is 80.5 Å². The number of nitrogens with zero attached hydrogens (tertiary/aromatic N) is 3. The molecular weight excluding hydrogens is 955 g/mol. The molecule has 0 unspecified atom stereocenters. The number of ether oxygens (including phenoxy) is 7. The van der Waals surface area contributed by atoms with Crippen LogP contribution in [0.4, 0.5) is 0 Å². The van der Waals surface area contributed by atoms with Gasteiger partial charge < -0.3 is 33.2 Å². The van der Waals surface area contributed by atoms with E-state index in [4.69, 9.17) is 33.2 Å². The topological polar surface area (TPSA) is 199 Å². The van der Waals surface area contributed by atoms with Crippen molar-refractivity contribution < 1.29 is 57.1 Å². The molecule has 0 N–H and O–H groups in total. The molecule has 75 heavy (non-hydrogen) atoms. The summed E-state index contributed by atoms with van der Waals surface area (Å²) in [4.78, 5) is 72.4. The molecule has 0 aliphatic carbocycles. The van der Waals surface area contributed by atoms with Crippen molar-refractivity contribution in [2.45, 2.75) is 121 Å². The zero-order valence-corrected chi connectivity index (χ0v) is 42.4. The van der Waals surface area contributed by atoms with E-state index in [2.05, 4.69) is 29.9 Å². The van der Waals surface area contributed by atoms with E-state index in [1.807, 2.05) is 6.08 Å². The molecule has 15 heteroatoms. The van der Waals surface area contributed by atoms with Crippen LogP contribution in [0.5, 0.6) is 0 Å². The first-order valence-electron chi connectivity index (χ1n) is 25.5. The second-order valence-corrected chi connectivity index (χ2v) is 18.0. The van der Waals surface area contributed by atoms with Crippen molar-refractivity contribution in [2.75, 3.05) is 13.2 Å². The van der Waals surface area contributed by atoms with Crippen LogP contribution in [0.1, 0.15) is 130 Å². The van der Waals surface area contributed by atoms with Gasteiger partial charge in [0.15, 0.2) is 24.6 Å². The lowest BCUT2D eigenvalue weighted by molar-refractivity contribution is -0.299. The molecule has 1 saturated heterocycles. The van der Waals surface area contributed by atoms with Crippen LogP contribution in [0.2, 0.25) is 0 Å². The Morgan fingerprint density at radius 2 is 1.04 bits per heavy atom. The molecule has 0 bridgehead atoms. The molecular formula is C60H65N3O12. The number of rotatable bonds is 28. The third-order valence-corrected chi connectivity index (χ3v) is 12.3. The molecule has 15 nitrogen and oxygen atoms in total. The van der Waals surface area contributed by atoms with Crippen molar-refractivity contribution in [3.05, 3.63) is 214 Å². The Morgan fingerprint density at radius 3 is 1.55 bits per heavy atom. The van der Waals surface area contributed by atoms with Crippen molar-refractivity contribution in [1.82, 2.24) is 0 Å². The third-order valence-electron chi connectivity index (χ3n) is 12.3. The number of esters is 5. The van der Waals surface area contributed by atoms with Gasteiger partial charge in [0, 0.05) is 4.91 Å². The van der Waals surface area contributed by atoms with Gasteiger partial charge in [0.25, 0.3) is 0 Å². The van der Waals surface area contributed by atoms with Crippen LogP contribution in [-0.4, -0.2) is 85.9 Å². The molecule has 1 aliphatic rings. The predicted octanol–water partition coefficient (Wildman–Crippen LogP) is 12.6. The van der Waals surface area contributed by atoms with Gasteiger partial charge in [-0.1, -0.05) is 159 Å². The molecule has 0 aromatic heterocycles.